The van der Waals surface area contributed by atoms with Gasteiger partial charge in [0, 0.05) is 6.54 Å². The van der Waals surface area contributed by atoms with E-state index in [1.807, 2.05) is 30.3 Å². The van der Waals surface area contributed by atoms with Crippen molar-refractivity contribution in [3.63, 3.8) is 0 Å². The van der Waals surface area contributed by atoms with Crippen LogP contribution in [0.15, 0.2) is 35.1 Å². The average molecular weight is 392 g/mol. The van der Waals surface area contributed by atoms with Gasteiger partial charge >= 0.3 is 5.97 Å². The third-order valence-electron chi connectivity index (χ3n) is 4.35. The molecule has 1 aliphatic heterocycles. The Bertz CT molecular complexity index is 1010. The molecule has 0 radical (unpaired) electrons. The van der Waals surface area contributed by atoms with E-state index < -0.39 is 26.6 Å². The molecule has 0 saturated carbocycles. The molecule has 1 aromatic carbocycles. The van der Waals surface area contributed by atoms with Crippen LogP contribution in [-0.2, 0) is 27.7 Å². The summed E-state index contributed by atoms with van der Waals surface area (Å²) in [6.07, 6.45) is 0. The third-order valence-corrected chi connectivity index (χ3v) is 6.39. The minimum Gasteiger partial charge on any atom is -0.481 e. The molecule has 0 amide bonds. The lowest BCUT2D eigenvalue weighted by Gasteiger charge is -2.24. The van der Waals surface area contributed by atoms with Crippen molar-refractivity contribution in [2.45, 2.75) is 32.2 Å². The summed E-state index contributed by atoms with van der Waals surface area (Å²) in [5.41, 5.74) is -0.0703. The Morgan fingerprint density at radius 2 is 2.00 bits per heavy atom. The Morgan fingerprint density at radius 3 is 2.67 bits per heavy atom. The molecular weight excluding hydrogens is 372 g/mol. The first kappa shape index (κ1) is 19.1. The molecule has 9 heteroatoms. The van der Waals surface area contributed by atoms with Crippen molar-refractivity contribution < 1.29 is 22.7 Å². The van der Waals surface area contributed by atoms with Gasteiger partial charge in [-0.2, -0.15) is 0 Å². The number of hydrogen-bond acceptors (Lipinski definition) is 7. The van der Waals surface area contributed by atoms with Crippen LogP contribution in [0.1, 0.15) is 41.0 Å². The molecule has 1 atom stereocenters. The minimum atomic E-state index is -3.43. The summed E-state index contributed by atoms with van der Waals surface area (Å²) < 4.78 is 36.2. The predicted octanol–water partition coefficient (Wildman–Crippen LogP) is 1.49. The van der Waals surface area contributed by atoms with E-state index in [1.54, 1.807) is 6.92 Å². The topological polar surface area (TPSA) is 105 Å². The molecule has 1 aromatic heterocycles. The van der Waals surface area contributed by atoms with Gasteiger partial charge in [-0.1, -0.05) is 30.3 Å². The number of sulfone groups is 1. The highest BCUT2D eigenvalue weighted by molar-refractivity contribution is 7.91. The average Bonchev–Trinajstić information content (AvgIpc) is 2.65. The second kappa shape index (κ2) is 7.51. The normalized spacial score (nSPS) is 17.8. The fourth-order valence-corrected chi connectivity index (χ4v) is 4.13. The molecule has 0 spiro atoms. The van der Waals surface area contributed by atoms with Crippen molar-refractivity contribution in [2.24, 2.45) is 0 Å². The van der Waals surface area contributed by atoms with Gasteiger partial charge < -0.3 is 9.47 Å². The van der Waals surface area contributed by atoms with Crippen LogP contribution in [0.5, 0.6) is 5.75 Å². The largest absolute Gasteiger partial charge is 0.481 e. The van der Waals surface area contributed by atoms with Gasteiger partial charge in [-0.3, -0.25) is 9.36 Å². The molecule has 2 heterocycles. The molecule has 0 aliphatic carbocycles. The zero-order valence-corrected chi connectivity index (χ0v) is 15.9. The van der Waals surface area contributed by atoms with Crippen LogP contribution in [0.3, 0.4) is 0 Å². The number of carbonyl (C=O) groups excluding carboxylic acids is 1. The lowest BCUT2D eigenvalue weighted by Crippen LogP contribution is -2.38. The van der Waals surface area contributed by atoms with E-state index in [0.717, 1.165) is 5.56 Å². The van der Waals surface area contributed by atoms with E-state index in [-0.39, 0.29) is 42.8 Å². The smallest absolute Gasteiger partial charge is 0.361 e. The zero-order valence-electron chi connectivity index (χ0n) is 15.0. The van der Waals surface area contributed by atoms with Crippen molar-refractivity contribution >= 4 is 15.8 Å². The molecule has 144 valence electrons. The molecular formula is C18H20N2O6S. The molecule has 0 bridgehead atoms. The molecule has 1 aliphatic rings. The predicted molar refractivity (Wildman–Crippen MR) is 97.4 cm³/mol. The zero-order chi connectivity index (χ0) is 19.6. The lowest BCUT2D eigenvalue weighted by molar-refractivity contribution is 0.0512. The summed E-state index contributed by atoms with van der Waals surface area (Å²) in [6.45, 7) is 3.20. The minimum absolute atomic E-state index is 0.0290. The maximum absolute atomic E-state index is 12.9. The summed E-state index contributed by atoms with van der Waals surface area (Å²) in [6, 6.07) is 9.15. The number of aromatic nitrogens is 2. The molecule has 0 fully saturated rings. The Kier molecular flexibility index (Phi) is 5.31. The maximum atomic E-state index is 12.9. The monoisotopic (exact) mass is 392 g/mol. The van der Waals surface area contributed by atoms with Gasteiger partial charge in [-0.05, 0) is 19.4 Å². The number of fused-ring (bicyclic) bond motifs is 1. The number of esters is 1. The molecule has 2 aromatic rings. The van der Waals surface area contributed by atoms with Gasteiger partial charge in [0.1, 0.15) is 17.7 Å². The first-order valence-corrected chi connectivity index (χ1v) is 10.3. The summed E-state index contributed by atoms with van der Waals surface area (Å²) in [7, 11) is -3.43. The lowest BCUT2D eigenvalue weighted by atomic mass is 10.2. The van der Waals surface area contributed by atoms with Crippen LogP contribution in [0.2, 0.25) is 0 Å². The van der Waals surface area contributed by atoms with E-state index in [9.17, 15) is 18.0 Å². The summed E-state index contributed by atoms with van der Waals surface area (Å²) >= 11 is 0. The third kappa shape index (κ3) is 3.73. The van der Waals surface area contributed by atoms with Crippen LogP contribution in [0, 0.1) is 0 Å². The number of nitrogens with zero attached hydrogens (tertiary/aromatic N) is 2. The molecule has 27 heavy (non-hydrogen) atoms. The highest BCUT2D eigenvalue weighted by atomic mass is 32.2. The van der Waals surface area contributed by atoms with E-state index in [2.05, 4.69) is 4.98 Å². The number of rotatable bonds is 5. The maximum Gasteiger partial charge on any atom is 0.361 e. The van der Waals surface area contributed by atoms with Crippen molar-refractivity contribution in [2.75, 3.05) is 12.4 Å². The summed E-state index contributed by atoms with van der Waals surface area (Å²) in [5.74, 6) is -1.19. The number of benzene rings is 1. The standard InChI is InChI=1S/C18H20N2O6S/c1-3-25-18(22)14-15(26-11-13-7-5-4-6-8-13)17(21)20-9-10-27(23,24)12(2)16(20)19-14/h4-8,12H,3,9-11H2,1-2H3. The van der Waals surface area contributed by atoms with Crippen molar-refractivity contribution in [1.29, 1.82) is 0 Å². The second-order valence-electron chi connectivity index (χ2n) is 6.11. The molecule has 0 N–H and O–H groups in total. The molecule has 8 nitrogen and oxygen atoms in total. The Balaban J connectivity index is 2.08. The molecule has 1 unspecified atom stereocenters. The van der Waals surface area contributed by atoms with E-state index in [0.29, 0.717) is 0 Å². The molecule has 3 rings (SSSR count). The van der Waals surface area contributed by atoms with Gasteiger partial charge in [0.2, 0.25) is 5.75 Å². The van der Waals surface area contributed by atoms with Crippen molar-refractivity contribution in [3.8, 4) is 5.75 Å². The summed E-state index contributed by atoms with van der Waals surface area (Å²) in [4.78, 5) is 29.4. The number of ether oxygens (including phenoxy) is 2. The fourth-order valence-electron chi connectivity index (χ4n) is 2.83. The quantitative estimate of drug-likeness (QED) is 0.710. The van der Waals surface area contributed by atoms with Crippen molar-refractivity contribution in [1.82, 2.24) is 9.55 Å². The van der Waals surface area contributed by atoms with E-state index in [1.165, 1.54) is 11.5 Å². The van der Waals surface area contributed by atoms with E-state index in [4.69, 9.17) is 9.47 Å². The second-order valence-corrected chi connectivity index (χ2v) is 8.55. The van der Waals surface area contributed by atoms with E-state index >= 15 is 0 Å². The van der Waals surface area contributed by atoms with Gasteiger partial charge in [-0.25, -0.2) is 18.2 Å². The van der Waals surface area contributed by atoms with Crippen LogP contribution in [0.4, 0.5) is 0 Å². The highest BCUT2D eigenvalue weighted by Crippen LogP contribution is 2.27. The van der Waals surface area contributed by atoms with Crippen molar-refractivity contribution in [3.05, 3.63) is 57.8 Å². The Morgan fingerprint density at radius 1 is 1.30 bits per heavy atom. The Labute approximate surface area is 156 Å². The van der Waals surface area contributed by atoms with Gasteiger partial charge in [0.05, 0.1) is 12.4 Å². The summed E-state index contributed by atoms with van der Waals surface area (Å²) in [5, 5.41) is -0.990. The number of carbonyl (C=O) groups is 1. The van der Waals surface area contributed by atoms with Gasteiger partial charge in [0.25, 0.3) is 5.56 Å². The van der Waals surface area contributed by atoms with Gasteiger partial charge in [-0.15, -0.1) is 0 Å². The number of hydrogen-bond donors (Lipinski definition) is 0. The Hall–Kier alpha value is -2.68. The highest BCUT2D eigenvalue weighted by Gasteiger charge is 2.35. The van der Waals surface area contributed by atoms with Crippen LogP contribution >= 0.6 is 0 Å². The first-order valence-electron chi connectivity index (χ1n) is 8.55. The van der Waals surface area contributed by atoms with Crippen LogP contribution in [-0.4, -0.2) is 36.3 Å². The first-order chi connectivity index (χ1) is 12.8. The van der Waals surface area contributed by atoms with Crippen LogP contribution in [0.25, 0.3) is 0 Å². The SMILES string of the molecule is CCOC(=O)c1nc2n(c(=O)c1OCc1ccccc1)CCS(=O)(=O)C2C. The fraction of sp³-hybridized carbons (Fsp3) is 0.389. The van der Waals surface area contributed by atoms with Gasteiger partial charge in [0.15, 0.2) is 15.5 Å². The van der Waals surface area contributed by atoms with Crippen LogP contribution < -0.4 is 10.3 Å². The molecule has 0 saturated heterocycles.